The topological polar surface area (TPSA) is 60.2 Å². The third-order valence-corrected chi connectivity index (χ3v) is 3.57. The lowest BCUT2D eigenvalue weighted by atomic mass is 9.91. The van der Waals surface area contributed by atoms with Crippen LogP contribution < -0.4 is 5.73 Å². The number of nitrogens with two attached hydrogens (primary N) is 1. The molecule has 0 aromatic carbocycles. The van der Waals surface area contributed by atoms with E-state index in [9.17, 15) is 8.42 Å². The van der Waals surface area contributed by atoms with E-state index in [1.54, 1.807) is 0 Å². The van der Waals surface area contributed by atoms with Crippen LogP contribution in [0.2, 0.25) is 0 Å². The van der Waals surface area contributed by atoms with Gasteiger partial charge < -0.3 is 5.73 Å². The second kappa shape index (κ2) is 4.94. The van der Waals surface area contributed by atoms with Crippen LogP contribution in [0.15, 0.2) is 11.6 Å². The van der Waals surface area contributed by atoms with Gasteiger partial charge in [-0.25, -0.2) is 8.42 Å². The van der Waals surface area contributed by atoms with Crippen LogP contribution in [0.5, 0.6) is 0 Å². The molecule has 1 rings (SSSR count). The summed E-state index contributed by atoms with van der Waals surface area (Å²) < 4.78 is 21.8. The zero-order valence-electron chi connectivity index (χ0n) is 8.70. The molecule has 1 saturated carbocycles. The Kier molecular flexibility index (Phi) is 4.13. The Morgan fingerprint density at radius 3 is 2.50 bits per heavy atom. The Balaban J connectivity index is 2.32. The number of hydrogen-bond donors (Lipinski definition) is 1. The highest BCUT2D eigenvalue weighted by molar-refractivity contribution is 7.90. The normalized spacial score (nSPS) is 23.6. The van der Waals surface area contributed by atoms with Crippen LogP contribution in [0.1, 0.15) is 32.1 Å². The van der Waals surface area contributed by atoms with Gasteiger partial charge in [0.25, 0.3) is 0 Å². The maximum Gasteiger partial charge on any atom is 0.147 e. The highest BCUT2D eigenvalue weighted by atomic mass is 32.2. The van der Waals surface area contributed by atoms with Gasteiger partial charge in [-0.2, -0.15) is 0 Å². The van der Waals surface area contributed by atoms with Gasteiger partial charge >= 0.3 is 0 Å². The molecule has 0 aromatic rings. The van der Waals surface area contributed by atoms with Crippen LogP contribution >= 0.6 is 0 Å². The Morgan fingerprint density at radius 1 is 1.43 bits per heavy atom. The molecule has 0 spiro atoms. The summed E-state index contributed by atoms with van der Waals surface area (Å²) in [6, 6.07) is 0.349. The molecule has 0 bridgehead atoms. The van der Waals surface area contributed by atoms with Gasteiger partial charge in [0.15, 0.2) is 0 Å². The molecule has 82 valence electrons. The standard InChI is InChI=1S/C10H19NO2S/c1-14(12,13)8-2-3-9-4-6-10(11)7-5-9/h3,10H,2,4-8,11H2,1H3. The number of hydrogen-bond acceptors (Lipinski definition) is 3. The van der Waals surface area contributed by atoms with E-state index in [0.717, 1.165) is 25.7 Å². The van der Waals surface area contributed by atoms with Crippen molar-refractivity contribution >= 4 is 9.84 Å². The fraction of sp³-hybridized carbons (Fsp3) is 0.800. The SMILES string of the molecule is CS(=O)(=O)CCC=C1CCC(N)CC1. The minimum Gasteiger partial charge on any atom is -0.328 e. The molecule has 0 saturated heterocycles. The number of allylic oxidation sites excluding steroid dienone is 2. The second-order valence-corrected chi connectivity index (χ2v) is 6.38. The molecule has 0 aliphatic heterocycles. The van der Waals surface area contributed by atoms with E-state index < -0.39 is 9.84 Å². The monoisotopic (exact) mass is 217 g/mol. The lowest BCUT2D eigenvalue weighted by molar-refractivity contribution is 0.510. The average Bonchev–Trinajstić information content (AvgIpc) is 2.06. The van der Waals surface area contributed by atoms with E-state index in [1.165, 1.54) is 11.8 Å². The summed E-state index contributed by atoms with van der Waals surface area (Å²) in [5.41, 5.74) is 7.16. The van der Waals surface area contributed by atoms with E-state index >= 15 is 0 Å². The summed E-state index contributed by atoms with van der Waals surface area (Å²) >= 11 is 0. The minimum absolute atomic E-state index is 0.266. The van der Waals surface area contributed by atoms with Crippen molar-refractivity contribution in [2.45, 2.75) is 38.1 Å². The predicted octanol–water partition coefficient (Wildman–Crippen LogP) is 1.25. The summed E-state index contributed by atoms with van der Waals surface area (Å²) in [6.45, 7) is 0. The van der Waals surface area contributed by atoms with Crippen molar-refractivity contribution < 1.29 is 8.42 Å². The van der Waals surface area contributed by atoms with Crippen LogP contribution in [0.3, 0.4) is 0 Å². The van der Waals surface area contributed by atoms with Gasteiger partial charge in [0, 0.05) is 12.3 Å². The lowest BCUT2D eigenvalue weighted by Gasteiger charge is -2.19. The van der Waals surface area contributed by atoms with Gasteiger partial charge in [-0.15, -0.1) is 0 Å². The van der Waals surface area contributed by atoms with Gasteiger partial charge in [0.05, 0.1) is 5.75 Å². The fourth-order valence-corrected chi connectivity index (χ4v) is 2.24. The van der Waals surface area contributed by atoms with Gasteiger partial charge in [0.2, 0.25) is 0 Å². The van der Waals surface area contributed by atoms with Crippen molar-refractivity contribution in [1.29, 1.82) is 0 Å². The zero-order valence-corrected chi connectivity index (χ0v) is 9.52. The maximum atomic E-state index is 10.9. The van der Waals surface area contributed by atoms with E-state index in [0.29, 0.717) is 12.5 Å². The molecule has 0 atom stereocenters. The van der Waals surface area contributed by atoms with E-state index in [4.69, 9.17) is 5.73 Å². The van der Waals surface area contributed by atoms with Crippen LogP contribution in [-0.2, 0) is 9.84 Å². The summed E-state index contributed by atoms with van der Waals surface area (Å²) in [7, 11) is -2.80. The maximum absolute atomic E-state index is 10.9. The highest BCUT2D eigenvalue weighted by Crippen LogP contribution is 2.22. The first kappa shape index (κ1) is 11.7. The van der Waals surface area contributed by atoms with Gasteiger partial charge in [-0.05, 0) is 32.1 Å². The van der Waals surface area contributed by atoms with E-state index in [1.807, 2.05) is 0 Å². The molecule has 4 heteroatoms. The molecule has 0 unspecified atom stereocenters. The first-order valence-electron chi connectivity index (χ1n) is 5.08. The Labute approximate surface area is 86.3 Å². The van der Waals surface area contributed by atoms with Crippen molar-refractivity contribution in [2.75, 3.05) is 12.0 Å². The molecule has 0 aromatic heterocycles. The molecular weight excluding hydrogens is 198 g/mol. The van der Waals surface area contributed by atoms with Crippen LogP contribution in [-0.4, -0.2) is 26.5 Å². The number of sulfone groups is 1. The van der Waals surface area contributed by atoms with E-state index in [2.05, 4.69) is 6.08 Å². The van der Waals surface area contributed by atoms with E-state index in [-0.39, 0.29) is 5.75 Å². The minimum atomic E-state index is -2.80. The second-order valence-electron chi connectivity index (χ2n) is 4.12. The van der Waals surface area contributed by atoms with Crippen molar-refractivity contribution in [1.82, 2.24) is 0 Å². The molecule has 0 radical (unpaired) electrons. The molecule has 1 aliphatic rings. The van der Waals surface area contributed by atoms with Crippen LogP contribution in [0.4, 0.5) is 0 Å². The van der Waals surface area contributed by atoms with Crippen molar-refractivity contribution in [3.63, 3.8) is 0 Å². The highest BCUT2D eigenvalue weighted by Gasteiger charge is 2.12. The smallest absolute Gasteiger partial charge is 0.147 e. The lowest BCUT2D eigenvalue weighted by Crippen LogP contribution is -2.23. The third-order valence-electron chi connectivity index (χ3n) is 2.59. The average molecular weight is 217 g/mol. The largest absolute Gasteiger partial charge is 0.328 e. The first-order valence-corrected chi connectivity index (χ1v) is 7.14. The summed E-state index contributed by atoms with van der Waals surface area (Å²) in [5.74, 6) is 0.266. The molecule has 0 amide bonds. The Morgan fingerprint density at radius 2 is 2.00 bits per heavy atom. The Bertz CT molecular complexity index is 296. The van der Waals surface area contributed by atoms with Crippen molar-refractivity contribution in [3.05, 3.63) is 11.6 Å². The molecule has 1 fully saturated rings. The molecule has 2 N–H and O–H groups in total. The van der Waals surface area contributed by atoms with Crippen LogP contribution in [0, 0.1) is 0 Å². The van der Waals surface area contributed by atoms with Crippen LogP contribution in [0.25, 0.3) is 0 Å². The molecule has 0 heterocycles. The van der Waals surface area contributed by atoms with Gasteiger partial charge in [0.1, 0.15) is 9.84 Å². The van der Waals surface area contributed by atoms with Gasteiger partial charge in [-0.1, -0.05) is 11.6 Å². The molecule has 1 aliphatic carbocycles. The third kappa shape index (κ3) is 4.77. The zero-order chi connectivity index (χ0) is 10.6. The fourth-order valence-electron chi connectivity index (χ4n) is 1.69. The van der Waals surface area contributed by atoms with Crippen molar-refractivity contribution in [2.24, 2.45) is 5.73 Å². The summed E-state index contributed by atoms with van der Waals surface area (Å²) in [6.07, 6.45) is 8.20. The Hall–Kier alpha value is -0.350. The quantitative estimate of drug-likeness (QED) is 0.724. The van der Waals surface area contributed by atoms with Gasteiger partial charge in [-0.3, -0.25) is 0 Å². The first-order chi connectivity index (χ1) is 6.47. The molecular formula is C10H19NO2S. The number of rotatable bonds is 3. The van der Waals surface area contributed by atoms with Crippen molar-refractivity contribution in [3.8, 4) is 0 Å². The summed E-state index contributed by atoms with van der Waals surface area (Å²) in [5, 5.41) is 0. The summed E-state index contributed by atoms with van der Waals surface area (Å²) in [4.78, 5) is 0. The predicted molar refractivity (Wildman–Crippen MR) is 58.9 cm³/mol. The molecule has 3 nitrogen and oxygen atoms in total. The molecule has 14 heavy (non-hydrogen) atoms.